The van der Waals surface area contributed by atoms with E-state index in [4.69, 9.17) is 0 Å². The Morgan fingerprint density at radius 2 is 1.79 bits per heavy atom. The Kier molecular flexibility index (Phi) is 5.93. The predicted octanol–water partition coefficient (Wildman–Crippen LogP) is 2.33. The summed E-state index contributed by atoms with van der Waals surface area (Å²) in [5.41, 5.74) is 0.525. The molecule has 2 amide bonds. The molecule has 0 aromatic carbocycles. The molecule has 4 heteroatoms. The quantitative estimate of drug-likeness (QED) is 0.581. The van der Waals surface area contributed by atoms with Gasteiger partial charge in [-0.1, -0.05) is 13.8 Å². The Hall–Kier alpha value is -1.45. The highest BCUT2D eigenvalue weighted by Crippen LogP contribution is 2.29. The van der Waals surface area contributed by atoms with Gasteiger partial charge in [0.25, 0.3) is 11.8 Å². The molecule has 1 aliphatic carbocycles. The number of rotatable bonds is 3. The molecular formula is C15H23NO3. The standard InChI is InChI=1S/C13H17NO3.C2H6/c1-9-6-12(16)14(13(9)17)7-10-2-4-11(8-15)5-3-10;1-2/h6,8,10-11H,2-5,7H2,1H3;1-2H3. The largest absolute Gasteiger partial charge is 0.303 e. The molecule has 0 unspecified atom stereocenters. The van der Waals surface area contributed by atoms with E-state index in [1.54, 1.807) is 6.92 Å². The molecule has 0 spiro atoms. The monoisotopic (exact) mass is 265 g/mol. The van der Waals surface area contributed by atoms with Crippen LogP contribution in [0, 0.1) is 11.8 Å². The summed E-state index contributed by atoms with van der Waals surface area (Å²) in [5.74, 6) is 0.187. The van der Waals surface area contributed by atoms with Crippen LogP contribution in [0.25, 0.3) is 0 Å². The Labute approximate surface area is 114 Å². The first kappa shape index (κ1) is 15.6. The fourth-order valence-electron chi connectivity index (χ4n) is 2.58. The summed E-state index contributed by atoms with van der Waals surface area (Å²) >= 11 is 0. The number of amides is 2. The van der Waals surface area contributed by atoms with Crippen molar-refractivity contribution in [3.63, 3.8) is 0 Å². The maximum Gasteiger partial charge on any atom is 0.256 e. The highest BCUT2D eigenvalue weighted by atomic mass is 16.2. The molecule has 0 saturated heterocycles. The molecule has 0 radical (unpaired) electrons. The summed E-state index contributed by atoms with van der Waals surface area (Å²) in [4.78, 5) is 35.2. The molecule has 1 aliphatic heterocycles. The van der Waals surface area contributed by atoms with Gasteiger partial charge in [0.1, 0.15) is 6.29 Å². The first-order chi connectivity index (χ1) is 9.11. The van der Waals surface area contributed by atoms with E-state index in [0.29, 0.717) is 18.0 Å². The molecule has 1 saturated carbocycles. The van der Waals surface area contributed by atoms with Gasteiger partial charge in [-0.25, -0.2) is 0 Å². The average Bonchev–Trinajstić information content (AvgIpc) is 2.68. The summed E-state index contributed by atoms with van der Waals surface area (Å²) in [7, 11) is 0. The highest BCUT2D eigenvalue weighted by Gasteiger charge is 2.31. The lowest BCUT2D eigenvalue weighted by molar-refractivity contribution is -0.138. The third kappa shape index (κ3) is 3.75. The Bertz CT molecular complexity index is 379. The zero-order valence-electron chi connectivity index (χ0n) is 12.0. The summed E-state index contributed by atoms with van der Waals surface area (Å²) < 4.78 is 0. The van der Waals surface area contributed by atoms with Crippen molar-refractivity contribution < 1.29 is 14.4 Å². The zero-order chi connectivity index (χ0) is 14.4. The lowest BCUT2D eigenvalue weighted by Gasteiger charge is -2.28. The summed E-state index contributed by atoms with van der Waals surface area (Å²) in [5, 5.41) is 0. The Morgan fingerprint density at radius 1 is 1.21 bits per heavy atom. The Balaban J connectivity index is 0.000000861. The van der Waals surface area contributed by atoms with Gasteiger partial charge in [0, 0.05) is 24.1 Å². The van der Waals surface area contributed by atoms with Crippen molar-refractivity contribution in [3.8, 4) is 0 Å². The molecule has 106 valence electrons. The van der Waals surface area contributed by atoms with Crippen LogP contribution in [0.3, 0.4) is 0 Å². The zero-order valence-corrected chi connectivity index (χ0v) is 12.0. The topological polar surface area (TPSA) is 54.5 Å². The smallest absolute Gasteiger partial charge is 0.256 e. The third-order valence-electron chi connectivity index (χ3n) is 3.71. The van der Waals surface area contributed by atoms with Gasteiger partial charge in [-0.2, -0.15) is 0 Å². The normalized spacial score (nSPS) is 26.7. The number of hydrogen-bond acceptors (Lipinski definition) is 3. The van der Waals surface area contributed by atoms with E-state index < -0.39 is 0 Å². The second kappa shape index (κ2) is 7.22. The lowest BCUT2D eigenvalue weighted by atomic mass is 9.82. The number of carbonyl (C=O) groups excluding carboxylic acids is 3. The SMILES string of the molecule is CC.CC1=CC(=O)N(CC2CCC(C=O)CC2)C1=O. The number of carbonyl (C=O) groups is 3. The fourth-order valence-corrected chi connectivity index (χ4v) is 2.58. The van der Waals surface area contributed by atoms with Crippen LogP contribution in [0.4, 0.5) is 0 Å². The van der Waals surface area contributed by atoms with Gasteiger partial charge in [-0.15, -0.1) is 0 Å². The second-order valence-electron chi connectivity index (χ2n) is 5.00. The molecular weight excluding hydrogens is 242 g/mol. The van der Waals surface area contributed by atoms with E-state index in [1.165, 1.54) is 11.0 Å². The van der Waals surface area contributed by atoms with Gasteiger partial charge < -0.3 is 4.79 Å². The first-order valence-corrected chi connectivity index (χ1v) is 7.11. The van der Waals surface area contributed by atoms with Crippen molar-refractivity contribution in [2.75, 3.05) is 6.54 Å². The van der Waals surface area contributed by atoms with Crippen LogP contribution in [0.5, 0.6) is 0 Å². The molecule has 4 nitrogen and oxygen atoms in total. The van der Waals surface area contributed by atoms with Crippen molar-refractivity contribution in [1.82, 2.24) is 4.90 Å². The van der Waals surface area contributed by atoms with Crippen LogP contribution < -0.4 is 0 Å². The third-order valence-corrected chi connectivity index (χ3v) is 3.71. The van der Waals surface area contributed by atoms with Crippen molar-refractivity contribution in [2.24, 2.45) is 11.8 Å². The van der Waals surface area contributed by atoms with E-state index in [0.717, 1.165) is 32.0 Å². The molecule has 1 fully saturated rings. The molecule has 19 heavy (non-hydrogen) atoms. The van der Waals surface area contributed by atoms with Gasteiger partial charge in [0.2, 0.25) is 0 Å². The van der Waals surface area contributed by atoms with Crippen LogP contribution in [-0.2, 0) is 14.4 Å². The van der Waals surface area contributed by atoms with E-state index in [2.05, 4.69) is 0 Å². The average molecular weight is 265 g/mol. The molecule has 0 aromatic rings. The van der Waals surface area contributed by atoms with Gasteiger partial charge in [0.15, 0.2) is 0 Å². The minimum atomic E-state index is -0.190. The lowest BCUT2D eigenvalue weighted by Crippen LogP contribution is -2.36. The summed E-state index contributed by atoms with van der Waals surface area (Å²) in [6.45, 7) is 6.18. The molecule has 1 heterocycles. The predicted molar refractivity (Wildman–Crippen MR) is 73.3 cm³/mol. The Morgan fingerprint density at radius 3 is 2.21 bits per heavy atom. The number of nitrogens with zero attached hydrogens (tertiary/aromatic N) is 1. The van der Waals surface area contributed by atoms with Gasteiger partial charge in [-0.3, -0.25) is 14.5 Å². The van der Waals surface area contributed by atoms with E-state index in [9.17, 15) is 14.4 Å². The van der Waals surface area contributed by atoms with Crippen LogP contribution in [-0.4, -0.2) is 29.5 Å². The molecule has 2 rings (SSSR count). The maximum atomic E-state index is 11.7. The van der Waals surface area contributed by atoms with Crippen molar-refractivity contribution in [3.05, 3.63) is 11.6 Å². The maximum absolute atomic E-state index is 11.7. The van der Waals surface area contributed by atoms with Crippen LogP contribution in [0.1, 0.15) is 46.5 Å². The van der Waals surface area contributed by atoms with Crippen molar-refractivity contribution >= 4 is 18.1 Å². The minimum Gasteiger partial charge on any atom is -0.303 e. The van der Waals surface area contributed by atoms with Crippen LogP contribution >= 0.6 is 0 Å². The van der Waals surface area contributed by atoms with Gasteiger partial charge in [-0.05, 0) is 38.5 Å². The van der Waals surface area contributed by atoms with Crippen molar-refractivity contribution in [2.45, 2.75) is 46.5 Å². The number of aldehydes is 1. The van der Waals surface area contributed by atoms with E-state index in [-0.39, 0.29) is 17.7 Å². The van der Waals surface area contributed by atoms with Crippen LogP contribution in [0.2, 0.25) is 0 Å². The summed E-state index contributed by atoms with van der Waals surface area (Å²) in [6.07, 6.45) is 6.06. The van der Waals surface area contributed by atoms with Gasteiger partial charge in [0.05, 0.1) is 0 Å². The molecule has 0 aromatic heterocycles. The summed E-state index contributed by atoms with van der Waals surface area (Å²) in [6, 6.07) is 0. The number of imide groups is 1. The number of hydrogen-bond donors (Lipinski definition) is 0. The molecule has 0 N–H and O–H groups in total. The van der Waals surface area contributed by atoms with E-state index in [1.807, 2.05) is 13.8 Å². The van der Waals surface area contributed by atoms with E-state index >= 15 is 0 Å². The van der Waals surface area contributed by atoms with Crippen LogP contribution in [0.15, 0.2) is 11.6 Å². The second-order valence-corrected chi connectivity index (χ2v) is 5.00. The first-order valence-electron chi connectivity index (χ1n) is 7.11. The fraction of sp³-hybridized carbons (Fsp3) is 0.667. The molecule has 0 atom stereocenters. The van der Waals surface area contributed by atoms with Crippen molar-refractivity contribution in [1.29, 1.82) is 0 Å². The molecule has 2 aliphatic rings. The van der Waals surface area contributed by atoms with Gasteiger partial charge >= 0.3 is 0 Å². The highest BCUT2D eigenvalue weighted by molar-refractivity contribution is 6.15. The minimum absolute atomic E-state index is 0.160. The molecule has 0 bridgehead atoms.